The number of hydrogen-bond acceptors (Lipinski definition) is 6. The van der Waals surface area contributed by atoms with Gasteiger partial charge in [-0.15, -0.1) is 0 Å². The smallest absolute Gasteiger partial charge is 0.331 e. The fourth-order valence-corrected chi connectivity index (χ4v) is 3.33. The van der Waals surface area contributed by atoms with Gasteiger partial charge in [-0.2, -0.15) is 0 Å². The Hall–Kier alpha value is -3.48. The van der Waals surface area contributed by atoms with Crippen LogP contribution in [0.2, 0.25) is 0 Å². The zero-order chi connectivity index (χ0) is 21.5. The molecule has 0 bridgehead atoms. The van der Waals surface area contributed by atoms with E-state index in [1.54, 1.807) is 38.4 Å². The van der Waals surface area contributed by atoms with Gasteiger partial charge in [0, 0.05) is 24.7 Å². The lowest BCUT2D eigenvalue weighted by Crippen LogP contribution is -2.38. The highest BCUT2D eigenvalue weighted by Crippen LogP contribution is 2.33. The van der Waals surface area contributed by atoms with Crippen LogP contribution in [0.1, 0.15) is 16.7 Å². The first kappa shape index (κ1) is 21.2. The Morgan fingerprint density at radius 2 is 1.63 bits per heavy atom. The Balaban J connectivity index is 1.57. The molecule has 2 aromatic carbocycles. The molecule has 7 nitrogen and oxygen atoms in total. The van der Waals surface area contributed by atoms with Crippen molar-refractivity contribution in [3.63, 3.8) is 0 Å². The van der Waals surface area contributed by atoms with Gasteiger partial charge in [0.05, 0.1) is 21.3 Å². The summed E-state index contributed by atoms with van der Waals surface area (Å²) in [6.45, 7) is 0.677. The maximum absolute atomic E-state index is 12.5. The van der Waals surface area contributed by atoms with Gasteiger partial charge in [0.15, 0.2) is 18.1 Å². The second-order valence-corrected chi connectivity index (χ2v) is 6.72. The number of fused-ring (bicyclic) bond motifs is 1. The molecule has 0 atom stereocenters. The predicted octanol–water partition coefficient (Wildman–Crippen LogP) is 2.85. The standard InChI is InChI=1S/C23H25NO6/c1-27-19-7-5-4-6-16(19)8-9-23(26)30-15-22(25)24-11-10-17-12-20(28-2)21(29-3)13-18(17)14-24/h4-9,12-13H,10-11,14-15H2,1-3H3/b9-8+. The SMILES string of the molecule is COc1ccccc1/C=C/C(=O)OCC(=O)N1CCc2cc(OC)c(OC)cc2C1. The maximum atomic E-state index is 12.5. The third-order valence-electron chi connectivity index (χ3n) is 4.95. The topological polar surface area (TPSA) is 74.3 Å². The van der Waals surface area contributed by atoms with Crippen molar-refractivity contribution in [3.8, 4) is 17.2 Å². The molecule has 1 heterocycles. The Kier molecular flexibility index (Phi) is 6.95. The summed E-state index contributed by atoms with van der Waals surface area (Å²) in [6.07, 6.45) is 3.58. The van der Waals surface area contributed by atoms with Crippen LogP contribution in [0.25, 0.3) is 6.08 Å². The van der Waals surface area contributed by atoms with E-state index >= 15 is 0 Å². The molecule has 0 aromatic heterocycles. The molecule has 0 fully saturated rings. The summed E-state index contributed by atoms with van der Waals surface area (Å²) in [5.41, 5.74) is 2.86. The average Bonchev–Trinajstić information content (AvgIpc) is 2.79. The van der Waals surface area contributed by atoms with Crippen LogP contribution in [-0.2, 0) is 27.3 Å². The van der Waals surface area contributed by atoms with Gasteiger partial charge in [0.25, 0.3) is 5.91 Å². The summed E-state index contributed by atoms with van der Waals surface area (Å²) in [6, 6.07) is 11.1. The van der Waals surface area contributed by atoms with Crippen LogP contribution in [0.4, 0.5) is 0 Å². The predicted molar refractivity (Wildman–Crippen MR) is 112 cm³/mol. The minimum Gasteiger partial charge on any atom is -0.496 e. The van der Waals surface area contributed by atoms with Crippen LogP contribution in [0.15, 0.2) is 42.5 Å². The van der Waals surface area contributed by atoms with Crippen molar-refractivity contribution in [3.05, 3.63) is 59.2 Å². The zero-order valence-corrected chi connectivity index (χ0v) is 17.3. The third-order valence-corrected chi connectivity index (χ3v) is 4.95. The van der Waals surface area contributed by atoms with E-state index in [1.807, 2.05) is 30.3 Å². The zero-order valence-electron chi connectivity index (χ0n) is 17.3. The van der Waals surface area contributed by atoms with Crippen LogP contribution in [-0.4, -0.2) is 51.3 Å². The maximum Gasteiger partial charge on any atom is 0.331 e. The summed E-state index contributed by atoms with van der Waals surface area (Å²) < 4.78 is 21.0. The van der Waals surface area contributed by atoms with Crippen molar-refractivity contribution in [2.45, 2.75) is 13.0 Å². The molecule has 1 amide bonds. The quantitative estimate of drug-likeness (QED) is 0.515. The molecule has 158 valence electrons. The molecular formula is C23H25NO6. The van der Waals surface area contributed by atoms with Crippen molar-refractivity contribution in [2.75, 3.05) is 34.5 Å². The van der Waals surface area contributed by atoms with Crippen molar-refractivity contribution < 1.29 is 28.5 Å². The second kappa shape index (κ2) is 9.82. The monoisotopic (exact) mass is 411 g/mol. The first-order valence-corrected chi connectivity index (χ1v) is 9.55. The van der Waals surface area contributed by atoms with Crippen molar-refractivity contribution in [1.82, 2.24) is 4.90 Å². The number of ether oxygens (including phenoxy) is 4. The van der Waals surface area contributed by atoms with Crippen LogP contribution >= 0.6 is 0 Å². The van der Waals surface area contributed by atoms with Crippen LogP contribution in [0, 0.1) is 0 Å². The number of amides is 1. The Labute approximate surface area is 175 Å². The van der Waals surface area contributed by atoms with Crippen molar-refractivity contribution >= 4 is 18.0 Å². The highest BCUT2D eigenvalue weighted by molar-refractivity contribution is 5.89. The number of carbonyl (C=O) groups is 2. The van der Waals surface area contributed by atoms with E-state index in [9.17, 15) is 9.59 Å². The van der Waals surface area contributed by atoms with Crippen LogP contribution in [0.3, 0.4) is 0 Å². The third kappa shape index (κ3) is 4.92. The highest BCUT2D eigenvalue weighted by atomic mass is 16.5. The van der Waals surface area contributed by atoms with Gasteiger partial charge < -0.3 is 23.8 Å². The van der Waals surface area contributed by atoms with Gasteiger partial charge in [-0.3, -0.25) is 4.79 Å². The summed E-state index contributed by atoms with van der Waals surface area (Å²) in [7, 11) is 4.74. The molecule has 0 saturated heterocycles. The first-order chi connectivity index (χ1) is 14.5. The van der Waals surface area contributed by atoms with Gasteiger partial charge >= 0.3 is 5.97 Å². The summed E-state index contributed by atoms with van der Waals surface area (Å²) in [5.74, 6) is 1.12. The lowest BCUT2D eigenvalue weighted by molar-refractivity contribution is -0.148. The lowest BCUT2D eigenvalue weighted by atomic mass is 9.99. The van der Waals surface area contributed by atoms with E-state index in [4.69, 9.17) is 18.9 Å². The molecule has 1 aliphatic heterocycles. The molecule has 30 heavy (non-hydrogen) atoms. The number of hydrogen-bond donors (Lipinski definition) is 0. The second-order valence-electron chi connectivity index (χ2n) is 6.72. The van der Waals surface area contributed by atoms with E-state index < -0.39 is 5.97 Å². The molecule has 2 aromatic rings. The summed E-state index contributed by atoms with van der Waals surface area (Å²) in [4.78, 5) is 26.2. The molecule has 0 aliphatic carbocycles. The number of methoxy groups -OCH3 is 3. The average molecular weight is 411 g/mol. The van der Waals surface area contributed by atoms with Gasteiger partial charge in [-0.05, 0) is 41.8 Å². The van der Waals surface area contributed by atoms with Crippen LogP contribution < -0.4 is 14.2 Å². The van der Waals surface area contributed by atoms with E-state index in [1.165, 1.54) is 6.08 Å². The summed E-state index contributed by atoms with van der Waals surface area (Å²) >= 11 is 0. The lowest BCUT2D eigenvalue weighted by Gasteiger charge is -2.29. The normalized spacial score (nSPS) is 13.0. The minimum atomic E-state index is -0.585. The molecule has 3 rings (SSSR count). The van der Waals surface area contributed by atoms with Gasteiger partial charge in [-0.25, -0.2) is 4.79 Å². The molecule has 0 radical (unpaired) electrons. The Morgan fingerprint density at radius 3 is 2.33 bits per heavy atom. The number of rotatable bonds is 7. The number of para-hydroxylation sites is 1. The van der Waals surface area contributed by atoms with Crippen LogP contribution in [0.5, 0.6) is 17.2 Å². The fourth-order valence-electron chi connectivity index (χ4n) is 3.33. The molecule has 0 N–H and O–H groups in total. The first-order valence-electron chi connectivity index (χ1n) is 9.55. The number of benzene rings is 2. The number of carbonyl (C=O) groups excluding carboxylic acids is 2. The van der Waals surface area contributed by atoms with Gasteiger partial charge in [0.2, 0.25) is 0 Å². The molecule has 1 aliphatic rings. The Bertz CT molecular complexity index is 953. The summed E-state index contributed by atoms with van der Waals surface area (Å²) in [5, 5.41) is 0. The van der Waals surface area contributed by atoms with E-state index in [0.29, 0.717) is 36.8 Å². The van der Waals surface area contributed by atoms with E-state index in [2.05, 4.69) is 0 Å². The fraction of sp³-hybridized carbons (Fsp3) is 0.304. The Morgan fingerprint density at radius 1 is 0.967 bits per heavy atom. The molecular weight excluding hydrogens is 386 g/mol. The van der Waals surface area contributed by atoms with E-state index in [-0.39, 0.29) is 12.5 Å². The molecule has 0 unspecified atom stereocenters. The minimum absolute atomic E-state index is 0.241. The van der Waals surface area contributed by atoms with Crippen molar-refractivity contribution in [2.24, 2.45) is 0 Å². The van der Waals surface area contributed by atoms with Gasteiger partial charge in [-0.1, -0.05) is 18.2 Å². The molecule has 7 heteroatoms. The highest BCUT2D eigenvalue weighted by Gasteiger charge is 2.23. The largest absolute Gasteiger partial charge is 0.496 e. The van der Waals surface area contributed by atoms with E-state index in [0.717, 1.165) is 16.7 Å². The number of esters is 1. The van der Waals surface area contributed by atoms with Gasteiger partial charge in [0.1, 0.15) is 5.75 Å². The number of nitrogens with zero attached hydrogens (tertiary/aromatic N) is 1. The van der Waals surface area contributed by atoms with Crippen molar-refractivity contribution in [1.29, 1.82) is 0 Å². The molecule has 0 saturated carbocycles. The molecule has 0 spiro atoms.